The lowest BCUT2D eigenvalue weighted by Crippen LogP contribution is -2.30. The van der Waals surface area contributed by atoms with Crippen LogP contribution in [-0.2, 0) is 28.6 Å². The van der Waals surface area contributed by atoms with Gasteiger partial charge in [-0.1, -0.05) is 254 Å². The van der Waals surface area contributed by atoms with Gasteiger partial charge in [0.2, 0.25) is 0 Å². The lowest BCUT2D eigenvalue weighted by molar-refractivity contribution is -0.167. The quantitative estimate of drug-likeness (QED) is 0.0261. The van der Waals surface area contributed by atoms with Gasteiger partial charge in [-0.05, 0) is 103 Å². The normalized spacial score (nSPS) is 12.5. The number of hydrogen-bond donors (Lipinski definition) is 0. The van der Waals surface area contributed by atoms with E-state index >= 15 is 0 Å². The van der Waals surface area contributed by atoms with Crippen molar-refractivity contribution >= 4 is 17.9 Å². The molecular weight excluding hydrogens is 877 g/mol. The summed E-state index contributed by atoms with van der Waals surface area (Å²) in [4.78, 5) is 38.2. The molecule has 0 aromatic carbocycles. The summed E-state index contributed by atoms with van der Waals surface area (Å²) in [7, 11) is 0. The van der Waals surface area contributed by atoms with Gasteiger partial charge in [0.25, 0.3) is 0 Å². The standard InChI is InChI=1S/C65H114O6/c1-4-7-10-13-16-19-22-25-28-29-30-31-32-33-34-35-36-37-38-41-43-46-49-52-55-58-64(67)70-61-62(71-65(68)59-56-53-50-47-44-40-27-24-21-18-15-12-9-6-3)60-69-63(66)57-54-51-48-45-42-39-26-23-20-17-14-11-8-5-2/h14-15,17-18,22-27,29-30,62H,4-13,16,19-21,28,31-61H2,1-3H3/b17-14-,18-15-,25-22-,26-23-,27-24-,30-29-. The second kappa shape index (κ2) is 59.4. The number of carbonyl (C=O) groups is 3. The van der Waals surface area contributed by atoms with Crippen molar-refractivity contribution < 1.29 is 28.6 Å². The van der Waals surface area contributed by atoms with Gasteiger partial charge < -0.3 is 14.2 Å². The van der Waals surface area contributed by atoms with Crippen LogP contribution in [0.25, 0.3) is 0 Å². The second-order valence-electron chi connectivity index (χ2n) is 20.2. The van der Waals surface area contributed by atoms with Crippen molar-refractivity contribution in [1.82, 2.24) is 0 Å². The molecule has 0 spiro atoms. The lowest BCUT2D eigenvalue weighted by Gasteiger charge is -2.18. The molecule has 0 aliphatic rings. The van der Waals surface area contributed by atoms with E-state index in [0.717, 1.165) is 109 Å². The molecule has 6 heteroatoms. The zero-order valence-corrected chi connectivity index (χ0v) is 47.0. The summed E-state index contributed by atoms with van der Waals surface area (Å²) in [5.74, 6) is -0.905. The van der Waals surface area contributed by atoms with E-state index in [2.05, 4.69) is 93.7 Å². The van der Waals surface area contributed by atoms with E-state index in [0.29, 0.717) is 19.3 Å². The summed E-state index contributed by atoms with van der Waals surface area (Å²) in [5.41, 5.74) is 0. The van der Waals surface area contributed by atoms with Crippen LogP contribution in [-0.4, -0.2) is 37.2 Å². The molecule has 1 atom stereocenters. The highest BCUT2D eigenvalue weighted by Gasteiger charge is 2.19. The first-order valence-electron chi connectivity index (χ1n) is 30.4. The molecular formula is C65H114O6. The largest absolute Gasteiger partial charge is 0.462 e. The molecule has 0 heterocycles. The number of esters is 3. The smallest absolute Gasteiger partial charge is 0.306 e. The summed E-state index contributed by atoms with van der Waals surface area (Å²) >= 11 is 0. The molecule has 6 nitrogen and oxygen atoms in total. The minimum atomic E-state index is -0.789. The second-order valence-corrected chi connectivity index (χ2v) is 20.2. The average molecular weight is 992 g/mol. The van der Waals surface area contributed by atoms with Crippen molar-refractivity contribution in [3.05, 3.63) is 72.9 Å². The molecule has 0 aliphatic carbocycles. The molecule has 0 radical (unpaired) electrons. The third-order valence-corrected chi connectivity index (χ3v) is 13.2. The van der Waals surface area contributed by atoms with Gasteiger partial charge in [0.15, 0.2) is 6.10 Å². The van der Waals surface area contributed by atoms with Crippen molar-refractivity contribution in [2.75, 3.05) is 13.2 Å². The van der Waals surface area contributed by atoms with Crippen LogP contribution in [0, 0.1) is 0 Å². The zero-order chi connectivity index (χ0) is 51.4. The van der Waals surface area contributed by atoms with Crippen molar-refractivity contribution in [1.29, 1.82) is 0 Å². The Labute approximate surface area is 440 Å². The van der Waals surface area contributed by atoms with E-state index in [1.165, 1.54) is 154 Å². The monoisotopic (exact) mass is 991 g/mol. The van der Waals surface area contributed by atoms with Crippen molar-refractivity contribution in [2.24, 2.45) is 0 Å². The molecule has 0 saturated carbocycles. The third kappa shape index (κ3) is 57.6. The van der Waals surface area contributed by atoms with Gasteiger partial charge in [-0.3, -0.25) is 14.4 Å². The molecule has 1 unspecified atom stereocenters. The highest BCUT2D eigenvalue weighted by molar-refractivity contribution is 5.71. The maximum Gasteiger partial charge on any atom is 0.306 e. The maximum absolute atomic E-state index is 12.8. The molecule has 0 fully saturated rings. The number of ether oxygens (including phenoxy) is 3. The molecule has 0 saturated heterocycles. The molecule has 0 bridgehead atoms. The first-order chi connectivity index (χ1) is 35.0. The van der Waals surface area contributed by atoms with Gasteiger partial charge in [0.1, 0.15) is 13.2 Å². The van der Waals surface area contributed by atoms with Gasteiger partial charge in [0, 0.05) is 19.3 Å². The van der Waals surface area contributed by atoms with Gasteiger partial charge in [-0.15, -0.1) is 0 Å². The van der Waals surface area contributed by atoms with Crippen LogP contribution in [0.5, 0.6) is 0 Å². The van der Waals surface area contributed by atoms with E-state index in [1.54, 1.807) is 0 Å². The van der Waals surface area contributed by atoms with Gasteiger partial charge in [-0.2, -0.15) is 0 Å². The fourth-order valence-corrected chi connectivity index (χ4v) is 8.51. The number of unbranched alkanes of at least 4 members (excludes halogenated alkanes) is 32. The van der Waals surface area contributed by atoms with E-state index in [1.807, 2.05) is 0 Å². The Morgan fingerprint density at radius 3 is 0.817 bits per heavy atom. The van der Waals surface area contributed by atoms with Crippen LogP contribution in [0.4, 0.5) is 0 Å². The number of carbonyl (C=O) groups excluding carboxylic acids is 3. The number of rotatable bonds is 55. The SMILES string of the molecule is CCCC/C=C\C/C=C\CCCCCCCC(=O)OCC(COC(=O)CCCCCCCCCCCCCCC/C=C\C/C=C\CCCCCCC)OC(=O)CCCCCCC/C=C\C/C=C\CCCC. The van der Waals surface area contributed by atoms with E-state index in [-0.39, 0.29) is 31.1 Å². The first kappa shape index (κ1) is 67.8. The molecule has 410 valence electrons. The van der Waals surface area contributed by atoms with Crippen LogP contribution < -0.4 is 0 Å². The Balaban J connectivity index is 4.29. The van der Waals surface area contributed by atoms with Crippen LogP contribution in [0.1, 0.15) is 303 Å². The highest BCUT2D eigenvalue weighted by Crippen LogP contribution is 2.16. The molecule has 0 aromatic rings. The average Bonchev–Trinajstić information content (AvgIpc) is 3.37. The Morgan fingerprint density at radius 1 is 0.282 bits per heavy atom. The molecule has 0 amide bonds. The van der Waals surface area contributed by atoms with Crippen LogP contribution in [0.3, 0.4) is 0 Å². The fraction of sp³-hybridized carbons (Fsp3) is 0.769. The Morgan fingerprint density at radius 2 is 0.521 bits per heavy atom. The Hall–Kier alpha value is -3.15. The van der Waals surface area contributed by atoms with Crippen molar-refractivity contribution in [2.45, 2.75) is 309 Å². The fourth-order valence-electron chi connectivity index (χ4n) is 8.51. The van der Waals surface area contributed by atoms with E-state index < -0.39 is 6.10 Å². The molecule has 0 aromatic heterocycles. The van der Waals surface area contributed by atoms with Crippen LogP contribution in [0.15, 0.2) is 72.9 Å². The topological polar surface area (TPSA) is 78.9 Å². The molecule has 0 aliphatic heterocycles. The minimum Gasteiger partial charge on any atom is -0.462 e. The summed E-state index contributed by atoms with van der Waals surface area (Å²) in [5, 5.41) is 0. The Bertz CT molecular complexity index is 1320. The maximum atomic E-state index is 12.8. The summed E-state index contributed by atoms with van der Waals surface area (Å²) in [6.07, 6.45) is 76.1. The van der Waals surface area contributed by atoms with Gasteiger partial charge >= 0.3 is 17.9 Å². The Kier molecular flexibility index (Phi) is 56.8. The van der Waals surface area contributed by atoms with E-state index in [9.17, 15) is 14.4 Å². The highest BCUT2D eigenvalue weighted by atomic mass is 16.6. The summed E-state index contributed by atoms with van der Waals surface area (Å²) in [6, 6.07) is 0. The van der Waals surface area contributed by atoms with Crippen LogP contribution >= 0.6 is 0 Å². The van der Waals surface area contributed by atoms with Gasteiger partial charge in [-0.25, -0.2) is 0 Å². The predicted molar refractivity (Wildman–Crippen MR) is 307 cm³/mol. The number of allylic oxidation sites excluding steroid dienone is 12. The molecule has 0 rings (SSSR count). The lowest BCUT2D eigenvalue weighted by atomic mass is 10.0. The number of hydrogen-bond acceptors (Lipinski definition) is 6. The minimum absolute atomic E-state index is 0.0850. The third-order valence-electron chi connectivity index (χ3n) is 13.2. The molecule has 71 heavy (non-hydrogen) atoms. The van der Waals surface area contributed by atoms with Crippen LogP contribution in [0.2, 0.25) is 0 Å². The zero-order valence-electron chi connectivity index (χ0n) is 47.0. The van der Waals surface area contributed by atoms with Gasteiger partial charge in [0.05, 0.1) is 0 Å². The van der Waals surface area contributed by atoms with E-state index in [4.69, 9.17) is 14.2 Å². The summed E-state index contributed by atoms with van der Waals surface area (Å²) < 4.78 is 16.9. The van der Waals surface area contributed by atoms with Crippen molar-refractivity contribution in [3.63, 3.8) is 0 Å². The van der Waals surface area contributed by atoms with Crippen molar-refractivity contribution in [3.8, 4) is 0 Å². The predicted octanol–water partition coefficient (Wildman–Crippen LogP) is 20.5. The molecule has 0 N–H and O–H groups in total. The summed E-state index contributed by atoms with van der Waals surface area (Å²) in [6.45, 7) is 6.55. The first-order valence-corrected chi connectivity index (χ1v) is 30.4.